The average Bonchev–Trinajstić information content (AvgIpc) is 2.86. The molecule has 0 saturated carbocycles. The Morgan fingerprint density at radius 3 is 2.56 bits per heavy atom. The highest BCUT2D eigenvalue weighted by atomic mass is 32.2. The highest BCUT2D eigenvalue weighted by Crippen LogP contribution is 2.41. The maximum Gasteiger partial charge on any atom is 0.325 e. The minimum Gasteiger partial charge on any atom is -0.319 e. The molecule has 1 saturated heterocycles. The van der Waals surface area contributed by atoms with Gasteiger partial charge >= 0.3 is 6.03 Å². The number of urea groups is 1. The highest BCUT2D eigenvalue weighted by Gasteiger charge is 2.56. The largest absolute Gasteiger partial charge is 0.325 e. The van der Waals surface area contributed by atoms with Gasteiger partial charge in [0.05, 0.1) is 17.2 Å². The van der Waals surface area contributed by atoms with Crippen molar-refractivity contribution in [1.29, 1.82) is 0 Å². The van der Waals surface area contributed by atoms with E-state index in [0.717, 1.165) is 34.2 Å². The zero-order chi connectivity index (χ0) is 19.4. The number of imide groups is 1. The summed E-state index contributed by atoms with van der Waals surface area (Å²) in [5.41, 5.74) is 0.265. The van der Waals surface area contributed by atoms with Gasteiger partial charge < -0.3 is 5.32 Å². The van der Waals surface area contributed by atoms with Gasteiger partial charge in [-0.05, 0) is 37.1 Å². The van der Waals surface area contributed by atoms with Crippen molar-refractivity contribution >= 4 is 21.8 Å². The number of carbonyl (C=O) groups is 2. The van der Waals surface area contributed by atoms with Gasteiger partial charge in [0.15, 0.2) is 9.84 Å². The van der Waals surface area contributed by atoms with Crippen molar-refractivity contribution in [2.75, 3.05) is 5.75 Å². The molecule has 2 heterocycles. The van der Waals surface area contributed by atoms with Crippen molar-refractivity contribution in [2.45, 2.75) is 30.3 Å². The number of amides is 3. The third-order valence-corrected chi connectivity index (χ3v) is 6.89. The van der Waals surface area contributed by atoms with Crippen LogP contribution in [0.4, 0.5) is 9.18 Å². The van der Waals surface area contributed by atoms with Crippen molar-refractivity contribution in [1.82, 2.24) is 10.2 Å². The summed E-state index contributed by atoms with van der Waals surface area (Å²) in [6.45, 7) is 1.99. The Bertz CT molecular complexity index is 1070. The van der Waals surface area contributed by atoms with E-state index in [1.54, 1.807) is 0 Å². The first-order valence-corrected chi connectivity index (χ1v) is 10.1. The molecule has 8 heteroatoms. The minimum absolute atomic E-state index is 0.00138. The summed E-state index contributed by atoms with van der Waals surface area (Å²) in [6.07, 6.45) is -0.124. The van der Waals surface area contributed by atoms with Gasteiger partial charge in [0.1, 0.15) is 11.4 Å². The standard InChI is InChI=1S/C19H17FN2O4S/c1-12-2-4-13(5-3-12)11-22-17(23)19(21-18(22)24)8-9-27(25,26)16-7-6-14(20)10-15(16)19/h2-7,10H,8-9,11H2,1H3,(H,21,24). The van der Waals surface area contributed by atoms with Gasteiger partial charge in [-0.3, -0.25) is 9.69 Å². The number of rotatable bonds is 2. The number of carbonyl (C=O) groups excluding carboxylic acids is 2. The van der Waals surface area contributed by atoms with Crippen LogP contribution < -0.4 is 5.32 Å². The molecule has 2 aromatic rings. The topological polar surface area (TPSA) is 83.6 Å². The van der Waals surface area contributed by atoms with Gasteiger partial charge in [-0.2, -0.15) is 0 Å². The summed E-state index contributed by atoms with van der Waals surface area (Å²) in [4.78, 5) is 26.7. The van der Waals surface area contributed by atoms with Crippen LogP contribution in [0.25, 0.3) is 0 Å². The fraction of sp³-hybridized carbons (Fsp3) is 0.263. The number of sulfone groups is 1. The lowest BCUT2D eigenvalue weighted by Gasteiger charge is -2.33. The van der Waals surface area contributed by atoms with Crippen LogP contribution in [0.5, 0.6) is 0 Å². The van der Waals surface area contributed by atoms with Gasteiger partial charge in [0.2, 0.25) is 0 Å². The van der Waals surface area contributed by atoms with E-state index in [4.69, 9.17) is 0 Å². The Morgan fingerprint density at radius 2 is 1.85 bits per heavy atom. The van der Waals surface area contributed by atoms with E-state index in [9.17, 15) is 22.4 Å². The van der Waals surface area contributed by atoms with Crippen molar-refractivity contribution in [3.63, 3.8) is 0 Å². The molecule has 27 heavy (non-hydrogen) atoms. The molecule has 6 nitrogen and oxygen atoms in total. The van der Waals surface area contributed by atoms with E-state index in [1.807, 2.05) is 31.2 Å². The van der Waals surface area contributed by atoms with Crippen molar-refractivity contribution in [2.24, 2.45) is 0 Å². The van der Waals surface area contributed by atoms with E-state index < -0.39 is 33.1 Å². The fourth-order valence-electron chi connectivity index (χ4n) is 3.64. The third kappa shape index (κ3) is 2.71. The first-order valence-electron chi connectivity index (χ1n) is 8.45. The van der Waals surface area contributed by atoms with Crippen LogP contribution in [0.2, 0.25) is 0 Å². The van der Waals surface area contributed by atoms with Crippen LogP contribution in [0.15, 0.2) is 47.4 Å². The summed E-state index contributed by atoms with van der Waals surface area (Å²) >= 11 is 0. The molecule has 1 unspecified atom stereocenters. The van der Waals surface area contributed by atoms with Crippen molar-refractivity contribution in [3.05, 3.63) is 65.0 Å². The number of nitrogens with one attached hydrogen (secondary N) is 1. The molecule has 2 aromatic carbocycles. The Balaban J connectivity index is 1.77. The van der Waals surface area contributed by atoms with Crippen LogP contribution in [-0.2, 0) is 26.7 Å². The lowest BCUT2D eigenvalue weighted by molar-refractivity contribution is -0.132. The summed E-state index contributed by atoms with van der Waals surface area (Å²) in [5.74, 6) is -1.52. The average molecular weight is 388 g/mol. The predicted molar refractivity (Wildman–Crippen MR) is 95.0 cm³/mol. The summed E-state index contributed by atoms with van der Waals surface area (Å²) in [5, 5.41) is 2.63. The lowest BCUT2D eigenvalue weighted by atomic mass is 9.86. The zero-order valence-corrected chi connectivity index (χ0v) is 15.3. The second-order valence-corrected chi connectivity index (χ2v) is 9.00. The second kappa shape index (κ2) is 5.88. The molecule has 3 amide bonds. The second-order valence-electron chi connectivity index (χ2n) is 6.92. The molecule has 1 N–H and O–H groups in total. The number of fused-ring (bicyclic) bond motifs is 2. The van der Waals surface area contributed by atoms with Gasteiger partial charge in [-0.15, -0.1) is 0 Å². The summed E-state index contributed by atoms with van der Waals surface area (Å²) in [7, 11) is -3.63. The lowest BCUT2D eigenvalue weighted by Crippen LogP contribution is -2.48. The van der Waals surface area contributed by atoms with E-state index in [0.29, 0.717) is 0 Å². The van der Waals surface area contributed by atoms with E-state index in [1.165, 1.54) is 0 Å². The van der Waals surface area contributed by atoms with E-state index in [-0.39, 0.29) is 29.2 Å². The Kier molecular flexibility index (Phi) is 3.85. The molecule has 140 valence electrons. The molecule has 2 aliphatic heterocycles. The number of hydrogen-bond acceptors (Lipinski definition) is 4. The molecular weight excluding hydrogens is 371 g/mol. The molecule has 0 aromatic heterocycles. The Labute approximate surface area is 155 Å². The molecular formula is C19H17FN2O4S. The number of benzene rings is 2. The number of nitrogens with zero attached hydrogens (tertiary/aromatic N) is 1. The molecule has 0 aliphatic carbocycles. The van der Waals surface area contributed by atoms with E-state index >= 15 is 0 Å². The first kappa shape index (κ1) is 17.7. The molecule has 4 rings (SSSR count). The van der Waals surface area contributed by atoms with Gasteiger partial charge in [-0.1, -0.05) is 29.8 Å². The summed E-state index contributed by atoms with van der Waals surface area (Å²) < 4.78 is 38.6. The van der Waals surface area contributed by atoms with Gasteiger partial charge in [-0.25, -0.2) is 17.6 Å². The first-order chi connectivity index (χ1) is 12.7. The third-order valence-electron chi connectivity index (χ3n) is 5.12. The van der Waals surface area contributed by atoms with Crippen LogP contribution in [-0.4, -0.2) is 31.0 Å². The normalized spacial score (nSPS) is 23.4. The molecule has 1 fully saturated rings. The van der Waals surface area contributed by atoms with Gasteiger partial charge in [0, 0.05) is 5.56 Å². The van der Waals surface area contributed by atoms with E-state index in [2.05, 4.69) is 5.32 Å². The molecule has 2 aliphatic rings. The molecule has 0 bridgehead atoms. The predicted octanol–water partition coefficient (Wildman–Crippen LogP) is 2.26. The fourth-order valence-corrected chi connectivity index (χ4v) is 5.28. The molecule has 1 atom stereocenters. The zero-order valence-electron chi connectivity index (χ0n) is 14.5. The van der Waals surface area contributed by atoms with Crippen molar-refractivity contribution < 1.29 is 22.4 Å². The summed E-state index contributed by atoms with van der Waals surface area (Å²) in [6, 6.07) is 10.0. The SMILES string of the molecule is Cc1ccc(CN2C(=O)NC3(CCS(=O)(=O)c4ccc(F)cc43)C2=O)cc1. The molecule has 1 spiro atoms. The number of hydrogen-bond donors (Lipinski definition) is 1. The van der Waals surface area contributed by atoms with Crippen LogP contribution in [0.3, 0.4) is 0 Å². The van der Waals surface area contributed by atoms with Crippen molar-refractivity contribution in [3.8, 4) is 0 Å². The van der Waals surface area contributed by atoms with Crippen LogP contribution in [0.1, 0.15) is 23.1 Å². The number of halogens is 1. The maximum absolute atomic E-state index is 13.9. The Morgan fingerprint density at radius 1 is 1.15 bits per heavy atom. The molecule has 0 radical (unpaired) electrons. The number of aryl methyl sites for hydroxylation is 1. The quantitative estimate of drug-likeness (QED) is 0.632. The monoisotopic (exact) mass is 388 g/mol. The van der Waals surface area contributed by atoms with Crippen LogP contribution >= 0.6 is 0 Å². The smallest absolute Gasteiger partial charge is 0.319 e. The van der Waals surface area contributed by atoms with Crippen LogP contribution in [0, 0.1) is 12.7 Å². The minimum atomic E-state index is -3.63. The highest BCUT2D eigenvalue weighted by molar-refractivity contribution is 7.91. The maximum atomic E-state index is 13.9. The Hall–Kier alpha value is -2.74. The van der Waals surface area contributed by atoms with Gasteiger partial charge in [0.25, 0.3) is 5.91 Å².